The molecule has 0 unspecified atom stereocenters. The van der Waals surface area contributed by atoms with Crippen LogP contribution in [-0.4, -0.2) is 19.2 Å². The number of urea groups is 1. The lowest BCUT2D eigenvalue weighted by atomic mass is 10.2. The molecule has 0 aromatic heterocycles. The van der Waals surface area contributed by atoms with Gasteiger partial charge < -0.3 is 20.1 Å². The molecule has 140 valence electrons. The van der Waals surface area contributed by atoms with E-state index in [2.05, 4.69) is 10.6 Å². The summed E-state index contributed by atoms with van der Waals surface area (Å²) in [6.07, 6.45) is -4.42. The van der Waals surface area contributed by atoms with Gasteiger partial charge in [0.2, 0.25) is 0 Å². The third-order valence-electron chi connectivity index (χ3n) is 3.27. The first-order chi connectivity index (χ1) is 12.3. The molecule has 2 aromatic rings. The standard InChI is InChI=1S/C18H19F3N2O3/c1-3-25-15-10-9-14(11-16(15)26-4-2)23-17(24)22-13-7-5-12(6-8-13)18(19,20)21/h5-11H,3-4H2,1-2H3,(H2,22,23,24). The molecule has 0 saturated carbocycles. The fourth-order valence-corrected chi connectivity index (χ4v) is 2.16. The van der Waals surface area contributed by atoms with Gasteiger partial charge in [-0.05, 0) is 50.2 Å². The molecule has 2 N–H and O–H groups in total. The molecule has 2 aromatic carbocycles. The second-order valence-corrected chi connectivity index (χ2v) is 5.18. The van der Waals surface area contributed by atoms with Crippen LogP contribution in [0.2, 0.25) is 0 Å². The van der Waals surface area contributed by atoms with Crippen LogP contribution in [-0.2, 0) is 6.18 Å². The Morgan fingerprint density at radius 2 is 1.42 bits per heavy atom. The lowest BCUT2D eigenvalue weighted by molar-refractivity contribution is -0.137. The number of rotatable bonds is 6. The number of alkyl halides is 3. The zero-order chi connectivity index (χ0) is 19.2. The molecule has 0 aliphatic rings. The van der Waals surface area contributed by atoms with Crippen LogP contribution in [0.5, 0.6) is 11.5 Å². The van der Waals surface area contributed by atoms with Gasteiger partial charge in [0.15, 0.2) is 11.5 Å². The number of ether oxygens (including phenoxy) is 2. The van der Waals surface area contributed by atoms with E-state index in [0.717, 1.165) is 12.1 Å². The summed E-state index contributed by atoms with van der Waals surface area (Å²) in [5, 5.41) is 5.07. The fraction of sp³-hybridized carbons (Fsp3) is 0.278. The molecule has 2 rings (SSSR count). The van der Waals surface area contributed by atoms with Gasteiger partial charge >= 0.3 is 12.2 Å². The van der Waals surface area contributed by atoms with Gasteiger partial charge in [-0.15, -0.1) is 0 Å². The van der Waals surface area contributed by atoms with Crippen molar-refractivity contribution in [3.05, 3.63) is 48.0 Å². The topological polar surface area (TPSA) is 59.6 Å². The zero-order valence-electron chi connectivity index (χ0n) is 14.3. The Morgan fingerprint density at radius 3 is 2.00 bits per heavy atom. The number of carbonyl (C=O) groups excluding carboxylic acids is 1. The number of carbonyl (C=O) groups is 1. The second-order valence-electron chi connectivity index (χ2n) is 5.18. The highest BCUT2D eigenvalue weighted by Crippen LogP contribution is 2.31. The van der Waals surface area contributed by atoms with Gasteiger partial charge in [-0.2, -0.15) is 13.2 Å². The largest absolute Gasteiger partial charge is 0.490 e. The number of benzene rings is 2. The van der Waals surface area contributed by atoms with E-state index in [1.54, 1.807) is 18.2 Å². The lowest BCUT2D eigenvalue weighted by Crippen LogP contribution is -2.19. The third-order valence-corrected chi connectivity index (χ3v) is 3.27. The summed E-state index contributed by atoms with van der Waals surface area (Å²) in [6, 6.07) is 8.51. The fourth-order valence-electron chi connectivity index (χ4n) is 2.16. The Kier molecular flexibility index (Phi) is 6.32. The first kappa shape index (κ1) is 19.4. The average Bonchev–Trinajstić information content (AvgIpc) is 2.57. The van der Waals surface area contributed by atoms with Crippen molar-refractivity contribution in [1.82, 2.24) is 0 Å². The maximum atomic E-state index is 12.5. The van der Waals surface area contributed by atoms with Crippen LogP contribution in [0.4, 0.5) is 29.3 Å². The van der Waals surface area contributed by atoms with Gasteiger partial charge in [0.25, 0.3) is 0 Å². The molecule has 0 radical (unpaired) electrons. The van der Waals surface area contributed by atoms with Gasteiger partial charge in [-0.1, -0.05) is 0 Å². The molecule has 26 heavy (non-hydrogen) atoms. The summed E-state index contributed by atoms with van der Waals surface area (Å²) in [5.41, 5.74) is -0.0795. The highest BCUT2D eigenvalue weighted by atomic mass is 19.4. The summed E-state index contributed by atoms with van der Waals surface area (Å²) in [5.74, 6) is 1.05. The van der Waals surface area contributed by atoms with E-state index < -0.39 is 17.8 Å². The number of hydrogen-bond acceptors (Lipinski definition) is 3. The molecule has 0 atom stereocenters. The van der Waals surface area contributed by atoms with E-state index in [1.807, 2.05) is 13.8 Å². The minimum atomic E-state index is -4.42. The van der Waals surface area contributed by atoms with Crippen LogP contribution in [0.25, 0.3) is 0 Å². The Bertz CT molecular complexity index is 746. The second kappa shape index (κ2) is 8.46. The van der Waals surface area contributed by atoms with Crippen molar-refractivity contribution in [2.75, 3.05) is 23.8 Å². The van der Waals surface area contributed by atoms with E-state index in [1.165, 1.54) is 12.1 Å². The van der Waals surface area contributed by atoms with Crippen molar-refractivity contribution in [3.8, 4) is 11.5 Å². The SMILES string of the molecule is CCOc1ccc(NC(=O)Nc2ccc(C(F)(F)F)cc2)cc1OCC. The highest BCUT2D eigenvalue weighted by molar-refractivity contribution is 5.99. The molecule has 0 spiro atoms. The minimum Gasteiger partial charge on any atom is -0.490 e. The summed E-state index contributed by atoms with van der Waals surface area (Å²) >= 11 is 0. The third kappa shape index (κ3) is 5.30. The van der Waals surface area contributed by atoms with Crippen molar-refractivity contribution >= 4 is 17.4 Å². The zero-order valence-corrected chi connectivity index (χ0v) is 14.3. The van der Waals surface area contributed by atoms with Crippen molar-refractivity contribution in [3.63, 3.8) is 0 Å². The predicted octanol–water partition coefficient (Wildman–Crippen LogP) is 5.15. The first-order valence-electron chi connectivity index (χ1n) is 7.98. The van der Waals surface area contributed by atoms with E-state index >= 15 is 0 Å². The van der Waals surface area contributed by atoms with Crippen molar-refractivity contribution in [2.24, 2.45) is 0 Å². The molecular formula is C18H19F3N2O3. The molecular weight excluding hydrogens is 349 g/mol. The van der Waals surface area contributed by atoms with Gasteiger partial charge in [0.1, 0.15) is 0 Å². The molecule has 2 amide bonds. The number of nitrogens with one attached hydrogen (secondary N) is 2. The smallest absolute Gasteiger partial charge is 0.416 e. The van der Waals surface area contributed by atoms with E-state index in [9.17, 15) is 18.0 Å². The normalized spacial score (nSPS) is 11.0. The monoisotopic (exact) mass is 368 g/mol. The quantitative estimate of drug-likeness (QED) is 0.742. The summed E-state index contributed by atoms with van der Waals surface area (Å²) in [4.78, 5) is 12.0. The Balaban J connectivity index is 2.04. The van der Waals surface area contributed by atoms with Crippen LogP contribution in [0, 0.1) is 0 Å². The molecule has 0 aliphatic heterocycles. The van der Waals surface area contributed by atoms with Crippen LogP contribution in [0.1, 0.15) is 19.4 Å². The maximum absolute atomic E-state index is 12.5. The Labute approximate surface area is 149 Å². The highest BCUT2D eigenvalue weighted by Gasteiger charge is 2.29. The summed E-state index contributed by atoms with van der Waals surface area (Å²) in [6.45, 7) is 4.58. The van der Waals surface area contributed by atoms with Crippen LogP contribution < -0.4 is 20.1 Å². The Morgan fingerprint density at radius 1 is 0.885 bits per heavy atom. The Hall–Kier alpha value is -2.90. The molecule has 0 aliphatic carbocycles. The van der Waals surface area contributed by atoms with Gasteiger partial charge in [-0.3, -0.25) is 0 Å². The van der Waals surface area contributed by atoms with Crippen molar-refractivity contribution in [1.29, 1.82) is 0 Å². The summed E-state index contributed by atoms with van der Waals surface area (Å²) < 4.78 is 48.5. The van der Waals surface area contributed by atoms with Crippen LogP contribution in [0.3, 0.4) is 0 Å². The van der Waals surface area contributed by atoms with Gasteiger partial charge in [-0.25, -0.2) is 4.79 Å². The molecule has 0 heterocycles. The number of halogens is 3. The molecule has 8 heteroatoms. The maximum Gasteiger partial charge on any atom is 0.416 e. The number of hydrogen-bond donors (Lipinski definition) is 2. The molecule has 0 saturated heterocycles. The number of amides is 2. The van der Waals surface area contributed by atoms with E-state index in [-0.39, 0.29) is 5.69 Å². The molecule has 0 fully saturated rings. The van der Waals surface area contributed by atoms with Crippen LogP contribution >= 0.6 is 0 Å². The van der Waals surface area contributed by atoms with E-state index in [4.69, 9.17) is 9.47 Å². The van der Waals surface area contributed by atoms with E-state index in [0.29, 0.717) is 30.4 Å². The predicted molar refractivity (Wildman–Crippen MR) is 92.9 cm³/mol. The van der Waals surface area contributed by atoms with Gasteiger partial charge in [0, 0.05) is 17.4 Å². The van der Waals surface area contributed by atoms with Crippen molar-refractivity contribution < 1.29 is 27.4 Å². The van der Waals surface area contributed by atoms with Crippen molar-refractivity contribution in [2.45, 2.75) is 20.0 Å². The lowest BCUT2D eigenvalue weighted by Gasteiger charge is -2.13. The molecule has 5 nitrogen and oxygen atoms in total. The molecule has 0 bridgehead atoms. The first-order valence-corrected chi connectivity index (χ1v) is 7.98. The van der Waals surface area contributed by atoms with Gasteiger partial charge in [0.05, 0.1) is 18.8 Å². The minimum absolute atomic E-state index is 0.242. The summed E-state index contributed by atoms with van der Waals surface area (Å²) in [7, 11) is 0. The number of anilines is 2. The van der Waals surface area contributed by atoms with Crippen LogP contribution in [0.15, 0.2) is 42.5 Å². The average molecular weight is 368 g/mol.